The summed E-state index contributed by atoms with van der Waals surface area (Å²) in [5.41, 5.74) is 2.76. The zero-order valence-corrected chi connectivity index (χ0v) is 19.5. The lowest BCUT2D eigenvalue weighted by atomic mass is 9.89. The van der Waals surface area contributed by atoms with Gasteiger partial charge in [0.2, 0.25) is 5.91 Å². The van der Waals surface area contributed by atoms with Crippen molar-refractivity contribution in [2.45, 2.75) is 31.0 Å². The first-order valence-corrected chi connectivity index (χ1v) is 12.0. The number of rotatable bonds is 5. The topological polar surface area (TPSA) is 100 Å². The summed E-state index contributed by atoms with van der Waals surface area (Å²) in [5, 5.41) is 22.7. The first-order chi connectivity index (χ1) is 17.6. The monoisotopic (exact) mass is 479 g/mol. The van der Waals surface area contributed by atoms with E-state index in [0.29, 0.717) is 37.1 Å². The van der Waals surface area contributed by atoms with Crippen LogP contribution in [0.4, 0.5) is 0 Å². The van der Waals surface area contributed by atoms with Gasteiger partial charge in [-0.05, 0) is 35.6 Å². The van der Waals surface area contributed by atoms with E-state index in [2.05, 4.69) is 15.5 Å². The molecule has 0 saturated carbocycles. The smallest absolute Gasteiger partial charge is 0.264 e. The van der Waals surface area contributed by atoms with Gasteiger partial charge < -0.3 is 15.3 Å². The predicted octanol–water partition coefficient (Wildman–Crippen LogP) is 2.79. The molecule has 1 aliphatic carbocycles. The van der Waals surface area contributed by atoms with Crippen LogP contribution < -0.4 is 5.32 Å². The Morgan fingerprint density at radius 3 is 2.22 bits per heavy atom. The maximum atomic E-state index is 14.0. The molecule has 1 aliphatic heterocycles. The Kier molecular flexibility index (Phi) is 5.38. The van der Waals surface area contributed by atoms with Gasteiger partial charge in [0.05, 0.1) is 5.69 Å². The summed E-state index contributed by atoms with van der Waals surface area (Å²) in [6.45, 7) is 0.711. The number of aliphatic hydroxyl groups is 1. The average molecular weight is 480 g/mol. The highest BCUT2D eigenvalue weighted by atomic mass is 16.3. The summed E-state index contributed by atoms with van der Waals surface area (Å²) >= 11 is 0. The third-order valence-electron chi connectivity index (χ3n) is 7.19. The fraction of sp³-hybridized carbons (Fsp3) is 0.214. The van der Waals surface area contributed by atoms with E-state index >= 15 is 0 Å². The fourth-order valence-corrected chi connectivity index (χ4v) is 5.47. The SMILES string of the molecule is O=C(NCc1ccccc1-n1cnnc1)[C@@H]1CCCN1C(=O)C1(O)c2ccccc2-c2ccccc21. The molecule has 36 heavy (non-hydrogen) atoms. The fourth-order valence-electron chi connectivity index (χ4n) is 5.47. The second-order valence-electron chi connectivity index (χ2n) is 9.17. The molecular formula is C28H25N5O3. The van der Waals surface area contributed by atoms with Crippen LogP contribution in [0.5, 0.6) is 0 Å². The highest BCUT2D eigenvalue weighted by Crippen LogP contribution is 2.48. The van der Waals surface area contributed by atoms with Gasteiger partial charge in [-0.2, -0.15) is 0 Å². The quantitative estimate of drug-likeness (QED) is 0.459. The van der Waals surface area contributed by atoms with Crippen molar-refractivity contribution < 1.29 is 14.7 Å². The molecule has 2 amide bonds. The van der Waals surface area contributed by atoms with Gasteiger partial charge in [0.1, 0.15) is 18.7 Å². The maximum absolute atomic E-state index is 14.0. The van der Waals surface area contributed by atoms with Crippen LogP contribution in [-0.4, -0.2) is 49.2 Å². The molecule has 2 aliphatic rings. The summed E-state index contributed by atoms with van der Waals surface area (Å²) in [6.07, 6.45) is 4.45. The van der Waals surface area contributed by atoms with Crippen LogP contribution in [0.1, 0.15) is 29.5 Å². The van der Waals surface area contributed by atoms with Crippen LogP contribution in [-0.2, 0) is 21.7 Å². The molecule has 2 N–H and O–H groups in total. The van der Waals surface area contributed by atoms with Crippen molar-refractivity contribution >= 4 is 11.8 Å². The van der Waals surface area contributed by atoms with Crippen LogP contribution in [0, 0.1) is 0 Å². The first-order valence-electron chi connectivity index (χ1n) is 12.0. The zero-order chi connectivity index (χ0) is 24.7. The third-order valence-corrected chi connectivity index (χ3v) is 7.19. The minimum absolute atomic E-state index is 0.234. The number of carbonyl (C=O) groups is 2. The molecule has 0 unspecified atom stereocenters. The Morgan fingerprint density at radius 2 is 1.53 bits per heavy atom. The van der Waals surface area contributed by atoms with Gasteiger partial charge >= 0.3 is 0 Å². The van der Waals surface area contributed by atoms with Crippen molar-refractivity contribution in [1.29, 1.82) is 0 Å². The van der Waals surface area contributed by atoms with E-state index in [-0.39, 0.29) is 5.91 Å². The number of carbonyl (C=O) groups excluding carboxylic acids is 2. The van der Waals surface area contributed by atoms with Gasteiger partial charge in [0, 0.05) is 24.2 Å². The van der Waals surface area contributed by atoms with Crippen molar-refractivity contribution in [2.24, 2.45) is 0 Å². The number of nitrogens with one attached hydrogen (secondary N) is 1. The molecule has 2 heterocycles. The summed E-state index contributed by atoms with van der Waals surface area (Å²) in [5.74, 6) is -0.690. The standard InChI is InChI=1S/C28H25N5O3/c34-26(29-16-19-8-1-6-13-24(19)32-17-30-31-18-32)25-14-7-15-33(25)27(35)28(36)22-11-4-2-9-20(22)21-10-3-5-12-23(21)28/h1-6,8-13,17-18,25,36H,7,14-16H2,(H,29,34)/t25-/m0/s1. The zero-order valence-electron chi connectivity index (χ0n) is 19.5. The van der Waals surface area contributed by atoms with E-state index in [0.717, 1.165) is 22.4 Å². The molecule has 1 aromatic heterocycles. The number of para-hydroxylation sites is 1. The van der Waals surface area contributed by atoms with Crippen molar-refractivity contribution in [1.82, 2.24) is 25.0 Å². The maximum Gasteiger partial charge on any atom is 0.264 e. The third kappa shape index (κ3) is 3.41. The molecule has 4 aromatic rings. The number of benzene rings is 3. The minimum Gasteiger partial charge on any atom is -0.372 e. The lowest BCUT2D eigenvalue weighted by Gasteiger charge is -2.32. The number of likely N-dealkylation sites (tertiary alicyclic amines) is 1. The molecule has 0 spiro atoms. The van der Waals surface area contributed by atoms with Gasteiger partial charge in [-0.25, -0.2) is 0 Å². The van der Waals surface area contributed by atoms with Crippen LogP contribution in [0.3, 0.4) is 0 Å². The molecule has 1 saturated heterocycles. The van der Waals surface area contributed by atoms with Gasteiger partial charge in [0.25, 0.3) is 5.91 Å². The molecule has 0 bridgehead atoms. The van der Waals surface area contributed by atoms with E-state index in [1.54, 1.807) is 34.3 Å². The van der Waals surface area contributed by atoms with E-state index in [1.807, 2.05) is 60.7 Å². The van der Waals surface area contributed by atoms with Gasteiger partial charge in [-0.1, -0.05) is 66.7 Å². The summed E-state index contributed by atoms with van der Waals surface area (Å²) in [7, 11) is 0. The summed E-state index contributed by atoms with van der Waals surface area (Å²) in [6, 6.07) is 21.9. The second-order valence-corrected chi connectivity index (χ2v) is 9.17. The van der Waals surface area contributed by atoms with Crippen molar-refractivity contribution in [3.8, 4) is 16.8 Å². The Labute approximate surface area is 208 Å². The van der Waals surface area contributed by atoms with E-state index in [4.69, 9.17) is 0 Å². The number of aromatic nitrogens is 3. The molecule has 3 aromatic carbocycles. The van der Waals surface area contributed by atoms with Crippen LogP contribution in [0.2, 0.25) is 0 Å². The van der Waals surface area contributed by atoms with Gasteiger partial charge in [0.15, 0.2) is 5.60 Å². The summed E-state index contributed by atoms with van der Waals surface area (Å²) in [4.78, 5) is 28.8. The average Bonchev–Trinajstić information content (AvgIpc) is 3.68. The van der Waals surface area contributed by atoms with Crippen LogP contribution in [0.25, 0.3) is 16.8 Å². The Bertz CT molecular complexity index is 1400. The Hall–Kier alpha value is -4.30. The number of nitrogens with zero attached hydrogens (tertiary/aromatic N) is 4. The second kappa shape index (κ2) is 8.73. The van der Waals surface area contributed by atoms with E-state index in [1.165, 1.54) is 0 Å². The summed E-state index contributed by atoms with van der Waals surface area (Å²) < 4.78 is 1.79. The Balaban J connectivity index is 1.25. The molecule has 8 heteroatoms. The highest BCUT2D eigenvalue weighted by molar-refractivity contribution is 6.00. The molecular weight excluding hydrogens is 454 g/mol. The lowest BCUT2D eigenvalue weighted by Crippen LogP contribution is -2.52. The van der Waals surface area contributed by atoms with Crippen molar-refractivity contribution in [3.63, 3.8) is 0 Å². The highest BCUT2D eigenvalue weighted by Gasteiger charge is 2.52. The van der Waals surface area contributed by atoms with Gasteiger partial charge in [-0.15, -0.1) is 10.2 Å². The van der Waals surface area contributed by atoms with E-state index in [9.17, 15) is 14.7 Å². The molecule has 8 nitrogen and oxygen atoms in total. The lowest BCUT2D eigenvalue weighted by molar-refractivity contribution is -0.151. The van der Waals surface area contributed by atoms with Crippen molar-refractivity contribution in [2.75, 3.05) is 6.54 Å². The number of hydrogen-bond donors (Lipinski definition) is 2. The number of fused-ring (bicyclic) bond motifs is 3. The van der Waals surface area contributed by atoms with Crippen LogP contribution >= 0.6 is 0 Å². The predicted molar refractivity (Wildman–Crippen MR) is 133 cm³/mol. The molecule has 6 rings (SSSR count). The minimum atomic E-state index is -1.82. The molecule has 1 atom stereocenters. The molecule has 1 fully saturated rings. The van der Waals surface area contributed by atoms with Crippen molar-refractivity contribution in [3.05, 3.63) is 102 Å². The normalized spacial score (nSPS) is 17.5. The Morgan fingerprint density at radius 1 is 0.917 bits per heavy atom. The number of amides is 2. The van der Waals surface area contributed by atoms with Crippen LogP contribution in [0.15, 0.2) is 85.5 Å². The first kappa shape index (κ1) is 22.2. The molecule has 0 radical (unpaired) electrons. The largest absolute Gasteiger partial charge is 0.372 e. The van der Waals surface area contributed by atoms with E-state index < -0.39 is 17.6 Å². The molecule has 180 valence electrons. The number of hydrogen-bond acceptors (Lipinski definition) is 5. The van der Waals surface area contributed by atoms with Gasteiger partial charge in [-0.3, -0.25) is 14.2 Å².